The van der Waals surface area contributed by atoms with Gasteiger partial charge in [-0.05, 0) is 42.1 Å². The molecule has 0 aliphatic heterocycles. The second kappa shape index (κ2) is 6.01. The molecule has 0 aromatic carbocycles. The molecule has 0 spiro atoms. The van der Waals surface area contributed by atoms with Gasteiger partial charge in [0.1, 0.15) is 0 Å². The minimum Gasteiger partial charge on any atom is -0.372 e. The molecule has 1 aromatic rings. The van der Waals surface area contributed by atoms with Gasteiger partial charge in [-0.2, -0.15) is 5.10 Å². The second-order valence-corrected chi connectivity index (χ2v) is 5.71. The van der Waals surface area contributed by atoms with Gasteiger partial charge in [-0.3, -0.25) is 4.68 Å². The van der Waals surface area contributed by atoms with E-state index in [4.69, 9.17) is 4.74 Å². The van der Waals surface area contributed by atoms with Crippen LogP contribution in [0.2, 0.25) is 0 Å². The highest BCUT2D eigenvalue weighted by atomic mass is 79.9. The van der Waals surface area contributed by atoms with Crippen molar-refractivity contribution in [2.75, 3.05) is 0 Å². The molecule has 1 aliphatic rings. The van der Waals surface area contributed by atoms with Crippen LogP contribution in [-0.4, -0.2) is 15.9 Å². The Kier molecular flexibility index (Phi) is 4.62. The zero-order valence-corrected chi connectivity index (χ0v) is 12.2. The first-order valence-electron chi connectivity index (χ1n) is 6.55. The molecule has 1 aromatic heterocycles. The fraction of sp³-hybridized carbons (Fsp3) is 0.769. The van der Waals surface area contributed by atoms with Crippen LogP contribution in [0.15, 0.2) is 10.7 Å². The first kappa shape index (κ1) is 13.1. The normalized spacial score (nSPS) is 18.8. The van der Waals surface area contributed by atoms with Crippen LogP contribution >= 0.6 is 15.9 Å². The molecule has 1 saturated carbocycles. The Balaban J connectivity index is 2.06. The van der Waals surface area contributed by atoms with E-state index < -0.39 is 0 Å². The summed E-state index contributed by atoms with van der Waals surface area (Å²) in [7, 11) is 0. The summed E-state index contributed by atoms with van der Waals surface area (Å²) in [4.78, 5) is 0. The number of hydrogen-bond acceptors (Lipinski definition) is 2. The van der Waals surface area contributed by atoms with E-state index >= 15 is 0 Å². The van der Waals surface area contributed by atoms with E-state index in [9.17, 15) is 0 Å². The van der Waals surface area contributed by atoms with Crippen LogP contribution in [0.3, 0.4) is 0 Å². The number of halogens is 1. The molecule has 3 nitrogen and oxygen atoms in total. The standard InChI is InChI=1S/C13H21BrN2O/c1-3-10(2)17-9-13-12(14)8-15-16(13)11-6-4-5-7-11/h8,10-11H,3-7,9H2,1-2H3. The summed E-state index contributed by atoms with van der Waals surface area (Å²) < 4.78 is 9.07. The SMILES string of the molecule is CCC(C)OCc1c(Br)cnn1C1CCCC1. The maximum Gasteiger partial charge on any atom is 0.0900 e. The van der Waals surface area contributed by atoms with Gasteiger partial charge in [0.05, 0.1) is 35.1 Å². The Bertz CT molecular complexity index is 358. The number of aromatic nitrogens is 2. The van der Waals surface area contributed by atoms with Crippen LogP contribution in [0.4, 0.5) is 0 Å². The van der Waals surface area contributed by atoms with Crippen LogP contribution in [0.5, 0.6) is 0 Å². The zero-order valence-electron chi connectivity index (χ0n) is 10.7. The highest BCUT2D eigenvalue weighted by molar-refractivity contribution is 9.10. The van der Waals surface area contributed by atoms with E-state index in [1.165, 1.54) is 31.4 Å². The Morgan fingerprint density at radius 1 is 1.53 bits per heavy atom. The molecule has 1 heterocycles. The third kappa shape index (κ3) is 3.10. The first-order valence-corrected chi connectivity index (χ1v) is 7.35. The van der Waals surface area contributed by atoms with Crippen LogP contribution in [0, 0.1) is 0 Å². The van der Waals surface area contributed by atoms with Crippen LogP contribution in [0.1, 0.15) is 57.7 Å². The van der Waals surface area contributed by atoms with Crippen LogP contribution in [0.25, 0.3) is 0 Å². The molecule has 1 fully saturated rings. The smallest absolute Gasteiger partial charge is 0.0900 e. The largest absolute Gasteiger partial charge is 0.372 e. The average Bonchev–Trinajstić information content (AvgIpc) is 2.95. The molecule has 1 unspecified atom stereocenters. The highest BCUT2D eigenvalue weighted by Gasteiger charge is 2.21. The van der Waals surface area contributed by atoms with Gasteiger partial charge in [-0.15, -0.1) is 0 Å². The molecule has 0 radical (unpaired) electrons. The lowest BCUT2D eigenvalue weighted by atomic mass is 10.2. The second-order valence-electron chi connectivity index (χ2n) is 4.85. The molecule has 17 heavy (non-hydrogen) atoms. The van der Waals surface area contributed by atoms with E-state index in [1.54, 1.807) is 0 Å². The first-order chi connectivity index (χ1) is 8.22. The van der Waals surface area contributed by atoms with Crippen molar-refractivity contribution in [2.45, 2.75) is 64.7 Å². The van der Waals surface area contributed by atoms with Gasteiger partial charge in [0.15, 0.2) is 0 Å². The van der Waals surface area contributed by atoms with Gasteiger partial charge in [-0.25, -0.2) is 0 Å². The van der Waals surface area contributed by atoms with Crippen molar-refractivity contribution in [3.63, 3.8) is 0 Å². The minimum atomic E-state index is 0.314. The Morgan fingerprint density at radius 3 is 2.88 bits per heavy atom. The van der Waals surface area contributed by atoms with Gasteiger partial charge in [0, 0.05) is 0 Å². The van der Waals surface area contributed by atoms with E-state index in [2.05, 4.69) is 39.6 Å². The van der Waals surface area contributed by atoms with E-state index in [-0.39, 0.29) is 0 Å². The van der Waals surface area contributed by atoms with Gasteiger partial charge < -0.3 is 4.74 Å². The third-order valence-electron chi connectivity index (χ3n) is 3.60. The lowest BCUT2D eigenvalue weighted by Gasteiger charge is -2.16. The maximum absolute atomic E-state index is 5.83. The summed E-state index contributed by atoms with van der Waals surface area (Å²) in [6.07, 6.45) is 8.42. The molecule has 96 valence electrons. The summed E-state index contributed by atoms with van der Waals surface area (Å²) in [5.41, 5.74) is 1.19. The summed E-state index contributed by atoms with van der Waals surface area (Å²) in [5, 5.41) is 4.49. The zero-order chi connectivity index (χ0) is 12.3. The van der Waals surface area contributed by atoms with Crippen molar-refractivity contribution in [3.05, 3.63) is 16.4 Å². The number of nitrogens with zero attached hydrogens (tertiary/aromatic N) is 2. The molecule has 0 amide bonds. The Labute approximate surface area is 112 Å². The van der Waals surface area contributed by atoms with Crippen molar-refractivity contribution in [1.29, 1.82) is 0 Å². The molecule has 2 rings (SSSR count). The lowest BCUT2D eigenvalue weighted by molar-refractivity contribution is 0.0455. The van der Waals surface area contributed by atoms with Gasteiger partial charge in [0.2, 0.25) is 0 Å². The number of rotatable bonds is 5. The summed E-state index contributed by atoms with van der Waals surface area (Å²) in [6, 6.07) is 0.580. The van der Waals surface area contributed by atoms with E-state index in [0.717, 1.165) is 10.9 Å². The topological polar surface area (TPSA) is 27.1 Å². The van der Waals surface area contributed by atoms with Crippen molar-refractivity contribution >= 4 is 15.9 Å². The molecule has 0 bridgehead atoms. The van der Waals surface area contributed by atoms with E-state index in [0.29, 0.717) is 18.8 Å². The van der Waals surface area contributed by atoms with Gasteiger partial charge in [0.25, 0.3) is 0 Å². The quantitative estimate of drug-likeness (QED) is 0.819. The predicted molar refractivity (Wildman–Crippen MR) is 72.0 cm³/mol. The molecular formula is C13H21BrN2O. The molecule has 1 aliphatic carbocycles. The van der Waals surface area contributed by atoms with Crippen molar-refractivity contribution < 1.29 is 4.74 Å². The molecular weight excluding hydrogens is 280 g/mol. The summed E-state index contributed by atoms with van der Waals surface area (Å²) in [6.45, 7) is 4.92. The fourth-order valence-corrected chi connectivity index (χ4v) is 2.69. The van der Waals surface area contributed by atoms with Crippen LogP contribution < -0.4 is 0 Å². The van der Waals surface area contributed by atoms with Crippen molar-refractivity contribution in [1.82, 2.24) is 9.78 Å². The number of hydrogen-bond donors (Lipinski definition) is 0. The summed E-state index contributed by atoms with van der Waals surface area (Å²) >= 11 is 3.57. The predicted octanol–water partition coefficient (Wildman–Crippen LogP) is 4.08. The fourth-order valence-electron chi connectivity index (χ4n) is 2.30. The Morgan fingerprint density at radius 2 is 2.24 bits per heavy atom. The van der Waals surface area contributed by atoms with Gasteiger partial charge in [-0.1, -0.05) is 19.8 Å². The molecule has 0 saturated heterocycles. The van der Waals surface area contributed by atoms with E-state index in [1.807, 2.05) is 6.20 Å². The summed E-state index contributed by atoms with van der Waals surface area (Å²) in [5.74, 6) is 0. The average molecular weight is 301 g/mol. The number of ether oxygens (including phenoxy) is 1. The lowest BCUT2D eigenvalue weighted by Crippen LogP contribution is -2.14. The van der Waals surface area contributed by atoms with Crippen molar-refractivity contribution in [3.8, 4) is 0 Å². The maximum atomic E-state index is 5.83. The third-order valence-corrected chi connectivity index (χ3v) is 4.26. The molecule has 4 heteroatoms. The molecule has 0 N–H and O–H groups in total. The monoisotopic (exact) mass is 300 g/mol. The minimum absolute atomic E-state index is 0.314. The Hall–Kier alpha value is -0.350. The van der Waals surface area contributed by atoms with Gasteiger partial charge >= 0.3 is 0 Å². The highest BCUT2D eigenvalue weighted by Crippen LogP contribution is 2.32. The molecule has 1 atom stereocenters. The van der Waals surface area contributed by atoms with Crippen molar-refractivity contribution in [2.24, 2.45) is 0 Å². The van der Waals surface area contributed by atoms with Crippen LogP contribution in [-0.2, 0) is 11.3 Å².